The van der Waals surface area contributed by atoms with E-state index in [0.29, 0.717) is 11.3 Å². The number of aromatic amines is 1. The molecular formula is C9H7N5O. The molecule has 6 nitrogen and oxygen atoms in total. The van der Waals surface area contributed by atoms with E-state index in [1.807, 2.05) is 6.07 Å². The van der Waals surface area contributed by atoms with Gasteiger partial charge in [0.15, 0.2) is 5.69 Å². The summed E-state index contributed by atoms with van der Waals surface area (Å²) in [5, 5.41) is 18.7. The first-order chi connectivity index (χ1) is 7.22. The highest BCUT2D eigenvalue weighted by atomic mass is 16.1. The molecule has 1 N–H and O–H groups in total. The molecule has 0 atom stereocenters. The number of hydrogen-bond donors (Lipinski definition) is 1. The van der Waals surface area contributed by atoms with Crippen molar-refractivity contribution in [1.82, 2.24) is 20.0 Å². The second-order valence-corrected chi connectivity index (χ2v) is 2.95. The highest BCUT2D eigenvalue weighted by molar-refractivity contribution is 5.64. The molecule has 0 fully saturated rings. The van der Waals surface area contributed by atoms with E-state index < -0.39 is 0 Å². The van der Waals surface area contributed by atoms with E-state index in [-0.39, 0.29) is 11.3 Å². The van der Waals surface area contributed by atoms with Crippen LogP contribution in [-0.2, 0) is 7.05 Å². The summed E-state index contributed by atoms with van der Waals surface area (Å²) >= 11 is 0. The van der Waals surface area contributed by atoms with Crippen LogP contribution in [0, 0.1) is 11.3 Å². The molecule has 2 aromatic heterocycles. The minimum Gasteiger partial charge on any atom is -0.268 e. The van der Waals surface area contributed by atoms with Gasteiger partial charge in [0.25, 0.3) is 5.56 Å². The quantitative estimate of drug-likeness (QED) is 0.705. The molecule has 0 amide bonds. The Morgan fingerprint density at radius 1 is 1.60 bits per heavy atom. The van der Waals surface area contributed by atoms with Gasteiger partial charge in [-0.1, -0.05) is 0 Å². The lowest BCUT2D eigenvalue weighted by molar-refractivity contribution is 0.774. The van der Waals surface area contributed by atoms with Gasteiger partial charge in [0, 0.05) is 24.9 Å². The van der Waals surface area contributed by atoms with E-state index >= 15 is 0 Å². The molecule has 0 saturated heterocycles. The van der Waals surface area contributed by atoms with E-state index in [0.717, 1.165) is 0 Å². The smallest absolute Gasteiger partial charge is 0.264 e. The van der Waals surface area contributed by atoms with Crippen molar-refractivity contribution in [3.8, 4) is 17.3 Å². The summed E-state index contributed by atoms with van der Waals surface area (Å²) in [5.74, 6) is 0. The molecule has 2 aromatic rings. The maximum absolute atomic E-state index is 11.1. The lowest BCUT2D eigenvalue weighted by Gasteiger charge is -2.01. The Morgan fingerprint density at radius 2 is 2.40 bits per heavy atom. The van der Waals surface area contributed by atoms with Crippen LogP contribution in [0.15, 0.2) is 23.1 Å². The SMILES string of the molecule is Cn1nccc1-c1cc(=O)[nH]nc1C#N. The first-order valence-corrected chi connectivity index (χ1v) is 4.20. The number of nitriles is 1. The van der Waals surface area contributed by atoms with Crippen LogP contribution in [0.1, 0.15) is 5.69 Å². The molecule has 0 aliphatic rings. The van der Waals surface area contributed by atoms with Crippen molar-refractivity contribution in [3.05, 3.63) is 34.4 Å². The number of aromatic nitrogens is 4. The van der Waals surface area contributed by atoms with Crippen molar-refractivity contribution in [3.63, 3.8) is 0 Å². The average Bonchev–Trinajstić information content (AvgIpc) is 2.64. The maximum atomic E-state index is 11.1. The van der Waals surface area contributed by atoms with Gasteiger partial charge >= 0.3 is 0 Å². The number of aryl methyl sites for hydroxylation is 1. The standard InChI is InChI=1S/C9H7N5O/c1-14-8(2-3-11-14)6-4-9(15)13-12-7(6)5-10/h2-4H,1H3,(H,13,15). The Morgan fingerprint density at radius 3 is 3.00 bits per heavy atom. The van der Waals surface area contributed by atoms with Crippen LogP contribution >= 0.6 is 0 Å². The zero-order chi connectivity index (χ0) is 10.8. The molecule has 74 valence electrons. The molecule has 0 aliphatic carbocycles. The van der Waals surface area contributed by atoms with E-state index in [4.69, 9.17) is 5.26 Å². The van der Waals surface area contributed by atoms with Gasteiger partial charge in [-0.2, -0.15) is 15.5 Å². The summed E-state index contributed by atoms with van der Waals surface area (Å²) in [4.78, 5) is 11.1. The van der Waals surface area contributed by atoms with Gasteiger partial charge in [-0.05, 0) is 6.07 Å². The molecule has 0 unspecified atom stereocenters. The fourth-order valence-corrected chi connectivity index (χ4v) is 1.32. The van der Waals surface area contributed by atoms with Crippen molar-refractivity contribution in [2.24, 2.45) is 7.05 Å². The normalized spacial score (nSPS) is 9.87. The van der Waals surface area contributed by atoms with Crippen molar-refractivity contribution in [2.45, 2.75) is 0 Å². The van der Waals surface area contributed by atoms with Crippen LogP contribution in [0.25, 0.3) is 11.3 Å². The molecule has 0 aliphatic heterocycles. The Bertz CT molecular complexity index is 589. The maximum Gasteiger partial charge on any atom is 0.264 e. The molecule has 0 aromatic carbocycles. The summed E-state index contributed by atoms with van der Waals surface area (Å²) in [5.41, 5.74) is 1.01. The second-order valence-electron chi connectivity index (χ2n) is 2.95. The van der Waals surface area contributed by atoms with Crippen LogP contribution < -0.4 is 5.56 Å². The minimum atomic E-state index is -0.342. The molecule has 0 radical (unpaired) electrons. The van der Waals surface area contributed by atoms with Crippen molar-refractivity contribution >= 4 is 0 Å². The number of nitrogens with zero attached hydrogens (tertiary/aromatic N) is 4. The molecule has 2 rings (SSSR count). The van der Waals surface area contributed by atoms with E-state index in [1.54, 1.807) is 24.0 Å². The lowest BCUT2D eigenvalue weighted by Crippen LogP contribution is -2.10. The third-order valence-corrected chi connectivity index (χ3v) is 2.01. The number of hydrogen-bond acceptors (Lipinski definition) is 4. The number of H-pyrrole nitrogens is 1. The molecule has 0 saturated carbocycles. The second kappa shape index (κ2) is 3.38. The fourth-order valence-electron chi connectivity index (χ4n) is 1.32. The monoisotopic (exact) mass is 201 g/mol. The Hall–Kier alpha value is -2.42. The molecule has 2 heterocycles. The van der Waals surface area contributed by atoms with Crippen LogP contribution in [-0.4, -0.2) is 20.0 Å². The van der Waals surface area contributed by atoms with Gasteiger partial charge < -0.3 is 0 Å². The van der Waals surface area contributed by atoms with Crippen LogP contribution in [0.3, 0.4) is 0 Å². The van der Waals surface area contributed by atoms with Crippen molar-refractivity contribution in [1.29, 1.82) is 5.26 Å². The van der Waals surface area contributed by atoms with Crippen LogP contribution in [0.5, 0.6) is 0 Å². The highest BCUT2D eigenvalue weighted by Gasteiger charge is 2.10. The molecular weight excluding hydrogens is 194 g/mol. The minimum absolute atomic E-state index is 0.179. The van der Waals surface area contributed by atoms with Gasteiger partial charge in [-0.15, -0.1) is 0 Å². The van der Waals surface area contributed by atoms with Gasteiger partial charge in [0.05, 0.1) is 5.69 Å². The highest BCUT2D eigenvalue weighted by Crippen LogP contribution is 2.18. The van der Waals surface area contributed by atoms with Crippen LogP contribution in [0.2, 0.25) is 0 Å². The van der Waals surface area contributed by atoms with Gasteiger partial charge in [0.2, 0.25) is 0 Å². The third-order valence-electron chi connectivity index (χ3n) is 2.01. The summed E-state index contributed by atoms with van der Waals surface area (Å²) < 4.78 is 1.58. The third kappa shape index (κ3) is 1.50. The van der Waals surface area contributed by atoms with Gasteiger partial charge in [-0.3, -0.25) is 9.48 Å². The predicted molar refractivity (Wildman–Crippen MR) is 51.8 cm³/mol. The predicted octanol–water partition coefficient (Wildman–Crippen LogP) is 0.0421. The summed E-state index contributed by atoms with van der Waals surface area (Å²) in [6.07, 6.45) is 1.59. The molecule has 6 heteroatoms. The van der Waals surface area contributed by atoms with Gasteiger partial charge in [-0.25, -0.2) is 5.10 Å². The number of rotatable bonds is 1. The zero-order valence-electron chi connectivity index (χ0n) is 7.93. The fraction of sp³-hybridized carbons (Fsp3) is 0.111. The largest absolute Gasteiger partial charge is 0.268 e. The molecule has 0 bridgehead atoms. The van der Waals surface area contributed by atoms with Crippen LogP contribution in [0.4, 0.5) is 0 Å². The van der Waals surface area contributed by atoms with E-state index in [1.165, 1.54) is 6.07 Å². The molecule has 15 heavy (non-hydrogen) atoms. The molecule has 0 spiro atoms. The Balaban J connectivity index is 2.73. The first-order valence-electron chi connectivity index (χ1n) is 4.20. The summed E-state index contributed by atoms with van der Waals surface area (Å²) in [7, 11) is 1.73. The lowest BCUT2D eigenvalue weighted by atomic mass is 10.1. The summed E-state index contributed by atoms with van der Waals surface area (Å²) in [6, 6.07) is 4.97. The van der Waals surface area contributed by atoms with Crippen molar-refractivity contribution < 1.29 is 0 Å². The van der Waals surface area contributed by atoms with E-state index in [2.05, 4.69) is 15.3 Å². The number of nitrogens with one attached hydrogen (secondary N) is 1. The topological polar surface area (TPSA) is 87.4 Å². The van der Waals surface area contributed by atoms with E-state index in [9.17, 15) is 4.79 Å². The van der Waals surface area contributed by atoms with Crippen molar-refractivity contribution in [2.75, 3.05) is 0 Å². The summed E-state index contributed by atoms with van der Waals surface area (Å²) in [6.45, 7) is 0. The van der Waals surface area contributed by atoms with Gasteiger partial charge in [0.1, 0.15) is 6.07 Å². The Labute approximate surface area is 84.8 Å². The average molecular weight is 201 g/mol. The Kier molecular flexibility index (Phi) is 2.06. The zero-order valence-corrected chi connectivity index (χ0v) is 7.93. The first kappa shape index (κ1) is 9.15.